The monoisotopic (exact) mass is 1980 g/mol. The average Bonchev–Trinajstić information content (AvgIpc) is 0.747. The Morgan fingerprint density at radius 1 is 0.456 bits per heavy atom. The van der Waals surface area contributed by atoms with Crippen LogP contribution >= 0.6 is 10.7 Å². The lowest BCUT2D eigenvalue weighted by Crippen LogP contribution is -2.66. The Balaban J connectivity index is 0.000000195. The first-order valence-corrected chi connectivity index (χ1v) is 46.5. The number of carbonyl (C=O) groups is 3. The van der Waals surface area contributed by atoms with Gasteiger partial charge in [-0.25, -0.2) is 35.9 Å². The van der Waals surface area contributed by atoms with Crippen LogP contribution in [0.1, 0.15) is 122 Å². The predicted octanol–water partition coefficient (Wildman–Crippen LogP) is 20.2. The third kappa shape index (κ3) is 27.1. The molecule has 0 aromatic heterocycles. The van der Waals surface area contributed by atoms with E-state index in [0.29, 0.717) is 39.8 Å². The molecule has 3 amide bonds. The number of ether oxygens (including phenoxy) is 7. The van der Waals surface area contributed by atoms with Gasteiger partial charge in [-0.2, -0.15) is 39.5 Å². The van der Waals surface area contributed by atoms with Crippen molar-refractivity contribution in [1.82, 2.24) is 24.3 Å². The molecule has 0 spiro atoms. The zero-order valence-corrected chi connectivity index (χ0v) is 79.3. The molecule has 8 aromatic rings. The molecule has 0 bridgehead atoms. The summed E-state index contributed by atoms with van der Waals surface area (Å²) in [5, 5.41) is 37.7. The Labute approximate surface area is 783 Å². The van der Waals surface area contributed by atoms with Crippen LogP contribution in [0.25, 0.3) is 10.4 Å². The van der Waals surface area contributed by atoms with Crippen molar-refractivity contribution in [3.63, 3.8) is 0 Å². The summed E-state index contributed by atoms with van der Waals surface area (Å²) in [6, 6.07) is 28.2. The molecule has 29 nitrogen and oxygen atoms in total. The number of anilines is 6. The highest BCUT2D eigenvalue weighted by atomic mass is 35.7. The standard InChI is InChI=1S/C31H31F6N3O7S.C24H26F3N5O4.C24H28F3N3O4.C7H7ClO2S.C6H15N/c1-17-5-11-22-25(13-17)45-26-14-18(30(32,33)34)6-12-23(26)40(22)24-16-39(28(42)47-29(2,3)4)15-21(27(24)41)38-48(43,44)20-9-7-19(8-10-20)46-31(35,36)37;1-13-5-7-16-19(9-13)35-20-10-14(24(25,26)27)6-8-17(20)32(16)18-12-31(22(34)36-23(2,3)4)11-15(21(18)33)29-30-28;1-13-5-7-16-19(9-13)33-20-10-14(24(25,26)27)6-8-17(20)30(16)18-12-29(11-15(28)21(18)31)22(32)34-23(2,3)4;1-6-2-4-7(5-3-6)11(8,9)10;1-4-7(5-2)6-3/h5-14,21,24,27,38,41H,15-16H2,1-4H3;5-10,15,18,21,33H,11-12H2,1-4H3;5-10,15,18,21,31H,11-12,28H2,1-4H3;2-5H,1H3;4-6H2,1-3H3/t21-,24+,27+;2*15-,18+,21+;;/m111../s1. The number of benzene rings is 8. The highest BCUT2D eigenvalue weighted by Crippen LogP contribution is 2.55. The van der Waals surface area contributed by atoms with Crippen molar-refractivity contribution in [2.24, 2.45) is 10.8 Å². The second kappa shape index (κ2) is 41.9. The Morgan fingerprint density at radius 3 is 1.08 bits per heavy atom. The third-order valence-corrected chi connectivity index (χ3v) is 24.7. The number of azide groups is 1. The zero-order valence-electron chi connectivity index (χ0n) is 76.9. The first-order valence-electron chi connectivity index (χ1n) is 42.8. The molecular formula is C92H107ClF12N12O17S2. The summed E-state index contributed by atoms with van der Waals surface area (Å²) >= 11 is 0. The zero-order chi connectivity index (χ0) is 101. The molecule has 136 heavy (non-hydrogen) atoms. The molecule has 6 aliphatic rings. The number of aryl methyl sites for hydroxylation is 4. The van der Waals surface area contributed by atoms with Gasteiger partial charge in [-0.05, 0) is 259 Å². The number of hydrogen-bond acceptors (Lipinski definition) is 23. The van der Waals surface area contributed by atoms with E-state index in [4.69, 9.17) is 50.4 Å². The molecule has 740 valence electrons. The third-order valence-electron chi connectivity index (χ3n) is 21.8. The van der Waals surface area contributed by atoms with E-state index >= 15 is 0 Å². The van der Waals surface area contributed by atoms with Gasteiger partial charge in [0.2, 0.25) is 10.0 Å². The summed E-state index contributed by atoms with van der Waals surface area (Å²) in [5.74, 6) is -0.105. The van der Waals surface area contributed by atoms with Crippen LogP contribution in [-0.2, 0) is 51.8 Å². The number of halogens is 13. The first-order chi connectivity index (χ1) is 63.0. The van der Waals surface area contributed by atoms with Crippen molar-refractivity contribution in [2.45, 2.75) is 217 Å². The Morgan fingerprint density at radius 2 is 0.765 bits per heavy atom. The van der Waals surface area contributed by atoms with E-state index in [1.807, 2.05) is 26.8 Å². The van der Waals surface area contributed by atoms with Crippen LogP contribution in [-0.4, -0.2) is 207 Å². The van der Waals surface area contributed by atoms with E-state index in [9.17, 15) is 99.2 Å². The van der Waals surface area contributed by atoms with Crippen LogP contribution in [0.4, 0.5) is 101 Å². The van der Waals surface area contributed by atoms with Gasteiger partial charge in [0, 0.05) is 54.9 Å². The van der Waals surface area contributed by atoms with Gasteiger partial charge in [-0.1, -0.05) is 61.8 Å². The molecule has 0 saturated carbocycles. The lowest BCUT2D eigenvalue weighted by molar-refractivity contribution is -0.274. The number of aliphatic hydroxyl groups excluding tert-OH is 3. The minimum absolute atomic E-state index is 0.00286. The van der Waals surface area contributed by atoms with Crippen LogP contribution in [0.15, 0.2) is 173 Å². The van der Waals surface area contributed by atoms with Crippen molar-refractivity contribution in [3.8, 4) is 40.2 Å². The summed E-state index contributed by atoms with van der Waals surface area (Å²) in [7, 11) is -3.00. The number of hydrogen-bond donors (Lipinski definition) is 5. The van der Waals surface area contributed by atoms with Crippen molar-refractivity contribution in [1.29, 1.82) is 0 Å². The highest BCUT2D eigenvalue weighted by Gasteiger charge is 2.50. The predicted molar refractivity (Wildman–Crippen MR) is 483 cm³/mol. The number of nitrogens with zero attached hydrogens (tertiary/aromatic N) is 10. The number of amides is 3. The molecular weight excluding hydrogens is 1870 g/mol. The molecule has 44 heteroatoms. The van der Waals surface area contributed by atoms with Gasteiger partial charge < -0.3 is 88.5 Å². The maximum Gasteiger partial charge on any atom is 0.573 e. The number of aliphatic hydroxyl groups is 3. The van der Waals surface area contributed by atoms with Crippen LogP contribution in [0.3, 0.4) is 0 Å². The van der Waals surface area contributed by atoms with Gasteiger partial charge in [0.05, 0.1) is 115 Å². The number of nitrogens with one attached hydrogen (secondary N) is 1. The van der Waals surface area contributed by atoms with E-state index in [-0.39, 0.29) is 72.0 Å². The van der Waals surface area contributed by atoms with Crippen molar-refractivity contribution in [2.75, 3.05) is 73.6 Å². The number of nitrogens with two attached hydrogens (primary N) is 1. The second-order valence-corrected chi connectivity index (χ2v) is 40.0. The van der Waals surface area contributed by atoms with Crippen molar-refractivity contribution >= 4 is 82.2 Å². The quantitative estimate of drug-likeness (QED) is 0.0189. The number of piperidine rings is 3. The second-order valence-electron chi connectivity index (χ2n) is 35.8. The summed E-state index contributed by atoms with van der Waals surface area (Å²) in [4.78, 5) is 52.6. The maximum absolute atomic E-state index is 13.7. The minimum atomic E-state index is -5.01. The first kappa shape index (κ1) is 107. The van der Waals surface area contributed by atoms with Crippen LogP contribution in [0.5, 0.6) is 40.2 Å². The molecule has 3 saturated heterocycles. The van der Waals surface area contributed by atoms with Crippen LogP contribution in [0, 0.1) is 27.7 Å². The fourth-order valence-corrected chi connectivity index (χ4v) is 17.4. The van der Waals surface area contributed by atoms with E-state index in [1.165, 1.54) is 58.6 Å². The summed E-state index contributed by atoms with van der Waals surface area (Å²) in [6.45, 7) is 32.0. The molecule has 8 aromatic carbocycles. The summed E-state index contributed by atoms with van der Waals surface area (Å²) in [6.07, 6.45) is -24.9. The van der Waals surface area contributed by atoms with Gasteiger partial charge in [0.1, 0.15) is 22.6 Å². The average molecular weight is 1980 g/mol. The van der Waals surface area contributed by atoms with Gasteiger partial charge in [-0.3, -0.25) is 0 Å². The van der Waals surface area contributed by atoms with Crippen LogP contribution < -0.4 is 44.1 Å². The molecule has 0 aliphatic carbocycles. The number of rotatable bonds is 12. The number of likely N-dealkylation sites (tertiary alicyclic amines) is 3. The number of fused-ring (bicyclic) bond motifs is 6. The lowest BCUT2D eigenvalue weighted by Gasteiger charge is -2.48. The number of alkyl halides is 12. The fraction of sp³-hybridized carbons (Fsp3) is 0.446. The molecule has 0 unspecified atom stereocenters. The molecule has 9 atom stereocenters. The summed E-state index contributed by atoms with van der Waals surface area (Å²) in [5.41, 5.74) is 15.5. The van der Waals surface area contributed by atoms with Crippen molar-refractivity contribution < 1.29 is 132 Å². The summed E-state index contributed by atoms with van der Waals surface area (Å²) < 4.78 is 248. The van der Waals surface area contributed by atoms with Gasteiger partial charge in [0.15, 0.2) is 34.5 Å². The van der Waals surface area contributed by atoms with E-state index in [1.54, 1.807) is 140 Å². The number of sulfonamides is 1. The topological polar surface area (TPSA) is 354 Å². The van der Waals surface area contributed by atoms with E-state index in [0.717, 1.165) is 88.3 Å². The lowest BCUT2D eigenvalue weighted by atomic mass is 9.94. The molecule has 14 rings (SSSR count). The molecule has 6 aliphatic heterocycles. The normalized spacial score (nSPS) is 19.9. The van der Waals surface area contributed by atoms with Gasteiger partial charge in [-0.15, -0.1) is 13.2 Å². The SMILES string of the molecule is CCN(CC)CC.Cc1ccc(S(=O)(=O)Cl)cc1.Cc1ccc2c(c1)Oc1cc(C(F)(F)F)ccc1N2[C@H]1CN(C(=O)OC(C)(C)C)C[C@@H](N)[C@@H]1O.Cc1ccc2c(c1)Oc1cc(C(F)(F)F)ccc1N2[C@H]1CN(C(=O)OC(C)(C)C)C[C@@H](N=[N+]=[N-])[C@@H]1O.Cc1ccc2c(c1)Oc1cc(C(F)(F)F)ccc1N2[C@H]1CN(C(=O)OC(C)(C)C)C[C@@H](NS(=O)(=O)c2ccc(OC(F)(F)F)cc2)[C@@H]1O. The largest absolute Gasteiger partial charge is 0.573 e. The highest BCUT2D eigenvalue weighted by molar-refractivity contribution is 8.13. The van der Waals surface area contributed by atoms with E-state index < -0.39 is 167 Å². The van der Waals surface area contributed by atoms with E-state index in [2.05, 4.69) is 45.2 Å². The van der Waals surface area contributed by atoms with Gasteiger partial charge in [0.25, 0.3) is 9.05 Å². The Bertz CT molecular complexity index is 5900. The molecule has 6 heterocycles. The molecule has 3 fully saturated rings. The Hall–Kier alpha value is -11.4. The number of carbonyl (C=O) groups excluding carboxylic acids is 3. The minimum Gasteiger partial charge on any atom is -0.453 e. The molecule has 0 radical (unpaired) electrons. The van der Waals surface area contributed by atoms with Gasteiger partial charge >= 0.3 is 43.2 Å². The smallest absolute Gasteiger partial charge is 0.453 e. The Kier molecular flexibility index (Phi) is 32.8. The fourth-order valence-electron chi connectivity index (χ4n) is 15.4. The van der Waals surface area contributed by atoms with Crippen molar-refractivity contribution in [3.05, 3.63) is 207 Å². The van der Waals surface area contributed by atoms with Crippen LogP contribution in [0.2, 0.25) is 0 Å². The molecule has 6 N–H and O–H groups in total. The maximum atomic E-state index is 13.7.